The molecule has 0 aliphatic carbocycles. The fraction of sp³-hybridized carbons (Fsp3) is 0.143. The van der Waals surface area contributed by atoms with Gasteiger partial charge in [-0.05, 0) is 48.5 Å². The summed E-state index contributed by atoms with van der Waals surface area (Å²) in [5, 5.41) is 2.19. The lowest BCUT2D eigenvalue weighted by molar-refractivity contribution is -0.139. The lowest BCUT2D eigenvalue weighted by Gasteiger charge is -2.14. The van der Waals surface area contributed by atoms with Crippen molar-refractivity contribution in [3.05, 3.63) is 77.2 Å². The maximum Gasteiger partial charge on any atom is 0.420 e. The van der Waals surface area contributed by atoms with Crippen LogP contribution in [0.25, 0.3) is 11.3 Å². The zero-order chi connectivity index (χ0) is 23.7. The van der Waals surface area contributed by atoms with Crippen molar-refractivity contribution in [2.45, 2.75) is 12.4 Å². The molecule has 1 heterocycles. The van der Waals surface area contributed by atoms with Crippen molar-refractivity contribution < 1.29 is 40.3 Å². The Morgan fingerprint density at radius 2 is 1.62 bits per heavy atom. The van der Waals surface area contributed by atoms with Gasteiger partial charge in [0.1, 0.15) is 11.6 Å². The van der Waals surface area contributed by atoms with Gasteiger partial charge in [0.15, 0.2) is 0 Å². The summed E-state index contributed by atoms with van der Waals surface area (Å²) >= 11 is 0. The number of carbonyl (C=O) groups excluding carboxylic acids is 1. The summed E-state index contributed by atoms with van der Waals surface area (Å²) in [7, 11) is 1.05. The monoisotopic (exact) mass is 458 g/mol. The van der Waals surface area contributed by atoms with E-state index < -0.39 is 52.2 Å². The molecule has 1 amide bonds. The number of anilines is 1. The molecule has 0 fully saturated rings. The van der Waals surface area contributed by atoms with Gasteiger partial charge in [0.05, 0.1) is 23.9 Å². The van der Waals surface area contributed by atoms with Gasteiger partial charge < -0.3 is 10.1 Å². The van der Waals surface area contributed by atoms with E-state index in [1.54, 1.807) is 0 Å². The second-order valence-electron chi connectivity index (χ2n) is 6.46. The molecule has 3 aromatic rings. The largest absolute Gasteiger partial charge is 0.496 e. The Bertz CT molecular complexity index is 1160. The molecule has 1 aromatic heterocycles. The third kappa shape index (κ3) is 4.82. The van der Waals surface area contributed by atoms with E-state index >= 15 is 0 Å². The number of alkyl halides is 6. The third-order valence-corrected chi connectivity index (χ3v) is 4.36. The molecule has 11 heteroatoms. The van der Waals surface area contributed by atoms with Crippen molar-refractivity contribution in [3.63, 3.8) is 0 Å². The zero-order valence-corrected chi connectivity index (χ0v) is 16.1. The molecule has 0 atom stereocenters. The predicted octanol–water partition coefficient (Wildman–Crippen LogP) is 6.19. The molecule has 3 rings (SSSR count). The van der Waals surface area contributed by atoms with Crippen LogP contribution in [0.4, 0.5) is 36.4 Å². The first-order valence-electron chi connectivity index (χ1n) is 8.80. The number of benzene rings is 2. The SMILES string of the molecule is COc1ccc(NC(=O)c2ccc(-c3ncccc3C(F)(F)F)c(F)c2)cc1C(F)(F)F. The number of ether oxygens (including phenoxy) is 1. The molecule has 0 bridgehead atoms. The topological polar surface area (TPSA) is 51.2 Å². The number of halogens is 7. The van der Waals surface area contributed by atoms with Gasteiger partial charge in [0, 0.05) is 23.0 Å². The van der Waals surface area contributed by atoms with Crippen LogP contribution < -0.4 is 10.1 Å². The highest BCUT2D eigenvalue weighted by molar-refractivity contribution is 6.04. The Kier molecular flexibility index (Phi) is 6.11. The first-order valence-corrected chi connectivity index (χ1v) is 8.80. The van der Waals surface area contributed by atoms with Gasteiger partial charge in [-0.15, -0.1) is 0 Å². The molecule has 1 N–H and O–H groups in total. The van der Waals surface area contributed by atoms with E-state index in [0.717, 1.165) is 49.7 Å². The van der Waals surface area contributed by atoms with Crippen LogP contribution in [0.5, 0.6) is 5.75 Å². The Morgan fingerprint density at radius 3 is 2.22 bits per heavy atom. The number of pyridine rings is 1. The number of nitrogens with zero attached hydrogens (tertiary/aromatic N) is 1. The number of aromatic nitrogens is 1. The van der Waals surface area contributed by atoms with Crippen molar-refractivity contribution in [2.75, 3.05) is 12.4 Å². The fourth-order valence-corrected chi connectivity index (χ4v) is 2.91. The molecule has 0 saturated carbocycles. The summed E-state index contributed by atoms with van der Waals surface area (Å²) < 4.78 is 98.1. The maximum atomic E-state index is 14.6. The average Bonchev–Trinajstić information content (AvgIpc) is 2.72. The van der Waals surface area contributed by atoms with Crippen LogP contribution >= 0.6 is 0 Å². The molecule has 0 radical (unpaired) electrons. The lowest BCUT2D eigenvalue weighted by Crippen LogP contribution is -2.14. The zero-order valence-electron chi connectivity index (χ0n) is 16.1. The number of rotatable bonds is 4. The number of methoxy groups -OCH3 is 1. The van der Waals surface area contributed by atoms with E-state index in [0.29, 0.717) is 12.1 Å². The van der Waals surface area contributed by atoms with E-state index in [1.165, 1.54) is 0 Å². The van der Waals surface area contributed by atoms with E-state index in [4.69, 9.17) is 0 Å². The van der Waals surface area contributed by atoms with Gasteiger partial charge in [0.25, 0.3) is 5.91 Å². The highest BCUT2D eigenvalue weighted by Crippen LogP contribution is 2.38. The molecule has 0 spiro atoms. The Hall–Kier alpha value is -3.63. The molecule has 0 unspecified atom stereocenters. The van der Waals surface area contributed by atoms with Gasteiger partial charge in [-0.2, -0.15) is 26.3 Å². The summed E-state index contributed by atoms with van der Waals surface area (Å²) in [5.41, 5.74) is -3.99. The fourth-order valence-electron chi connectivity index (χ4n) is 2.91. The number of hydrogen-bond donors (Lipinski definition) is 1. The predicted molar refractivity (Wildman–Crippen MR) is 101 cm³/mol. The molecule has 0 aliphatic heterocycles. The van der Waals surface area contributed by atoms with Gasteiger partial charge in [0.2, 0.25) is 0 Å². The van der Waals surface area contributed by atoms with Crippen LogP contribution in [-0.4, -0.2) is 18.0 Å². The minimum Gasteiger partial charge on any atom is -0.496 e. The molecule has 4 nitrogen and oxygen atoms in total. The molecule has 2 aromatic carbocycles. The third-order valence-electron chi connectivity index (χ3n) is 4.36. The lowest BCUT2D eigenvalue weighted by atomic mass is 10.0. The first-order chi connectivity index (χ1) is 14.9. The highest BCUT2D eigenvalue weighted by Gasteiger charge is 2.36. The van der Waals surface area contributed by atoms with E-state index in [-0.39, 0.29) is 11.3 Å². The van der Waals surface area contributed by atoms with Crippen LogP contribution in [0.15, 0.2) is 54.7 Å². The number of hydrogen-bond acceptors (Lipinski definition) is 3. The molecule has 0 aliphatic rings. The molecular weight excluding hydrogens is 445 g/mol. The maximum absolute atomic E-state index is 14.6. The molecular formula is C21H13F7N2O2. The highest BCUT2D eigenvalue weighted by atomic mass is 19.4. The minimum atomic E-state index is -4.78. The van der Waals surface area contributed by atoms with Crippen molar-refractivity contribution in [1.82, 2.24) is 4.98 Å². The second-order valence-corrected chi connectivity index (χ2v) is 6.46. The van der Waals surface area contributed by atoms with Crippen molar-refractivity contribution in [1.29, 1.82) is 0 Å². The van der Waals surface area contributed by atoms with Gasteiger partial charge in [-0.25, -0.2) is 4.39 Å². The second kappa shape index (κ2) is 8.48. The van der Waals surface area contributed by atoms with Gasteiger partial charge in [-0.1, -0.05) is 0 Å². The Labute approximate surface area is 176 Å². The van der Waals surface area contributed by atoms with E-state index in [2.05, 4.69) is 15.0 Å². The quantitative estimate of drug-likeness (QED) is 0.475. The summed E-state index contributed by atoms with van der Waals surface area (Å²) in [6.07, 6.45) is -8.47. The standard InChI is InChI=1S/C21H13F7N2O2/c1-32-17-7-5-12(10-15(17)21(26,27)28)30-19(31)11-4-6-13(16(22)9-11)18-14(20(23,24)25)3-2-8-29-18/h2-10H,1H3,(H,30,31). The Morgan fingerprint density at radius 1 is 0.938 bits per heavy atom. The summed E-state index contributed by atoms with van der Waals surface area (Å²) in [6, 6.07) is 7.24. The summed E-state index contributed by atoms with van der Waals surface area (Å²) in [6.45, 7) is 0. The minimum absolute atomic E-state index is 0.239. The van der Waals surface area contributed by atoms with E-state index in [1.807, 2.05) is 0 Å². The Balaban J connectivity index is 1.91. The first kappa shape index (κ1) is 23.0. The van der Waals surface area contributed by atoms with Crippen LogP contribution in [0.3, 0.4) is 0 Å². The van der Waals surface area contributed by atoms with Crippen molar-refractivity contribution >= 4 is 11.6 Å². The number of amides is 1. The normalized spacial score (nSPS) is 11.9. The van der Waals surface area contributed by atoms with Crippen LogP contribution in [0, 0.1) is 5.82 Å². The van der Waals surface area contributed by atoms with Crippen LogP contribution in [0.2, 0.25) is 0 Å². The van der Waals surface area contributed by atoms with Crippen molar-refractivity contribution in [2.24, 2.45) is 0 Å². The average molecular weight is 458 g/mol. The van der Waals surface area contributed by atoms with Gasteiger partial charge in [-0.3, -0.25) is 9.78 Å². The van der Waals surface area contributed by atoms with Gasteiger partial charge >= 0.3 is 12.4 Å². The number of nitrogens with one attached hydrogen (secondary N) is 1. The van der Waals surface area contributed by atoms with Crippen molar-refractivity contribution in [3.8, 4) is 17.0 Å². The smallest absolute Gasteiger partial charge is 0.420 e. The molecule has 168 valence electrons. The van der Waals surface area contributed by atoms with Crippen LogP contribution in [-0.2, 0) is 12.4 Å². The summed E-state index contributed by atoms with van der Waals surface area (Å²) in [4.78, 5) is 16.0. The molecule has 32 heavy (non-hydrogen) atoms. The van der Waals surface area contributed by atoms with E-state index in [9.17, 15) is 35.5 Å². The summed E-state index contributed by atoms with van der Waals surface area (Å²) in [5.74, 6) is -2.58. The number of carbonyl (C=O) groups is 1. The van der Waals surface area contributed by atoms with Crippen LogP contribution in [0.1, 0.15) is 21.5 Å². The molecule has 0 saturated heterocycles.